The van der Waals surface area contributed by atoms with Gasteiger partial charge >= 0.3 is 0 Å². The highest BCUT2D eigenvalue weighted by Gasteiger charge is 2.47. The van der Waals surface area contributed by atoms with Crippen molar-refractivity contribution in [3.63, 3.8) is 0 Å². The van der Waals surface area contributed by atoms with Gasteiger partial charge in [0.2, 0.25) is 5.91 Å². The second kappa shape index (κ2) is 10.5. The largest absolute Gasteiger partial charge is 0.322 e. The summed E-state index contributed by atoms with van der Waals surface area (Å²) in [5, 5.41) is 15.2. The predicted molar refractivity (Wildman–Crippen MR) is 142 cm³/mol. The average molecular weight is 538 g/mol. The third-order valence-electron chi connectivity index (χ3n) is 6.17. The summed E-state index contributed by atoms with van der Waals surface area (Å²) >= 11 is 12.0. The third-order valence-corrected chi connectivity index (χ3v) is 6.67. The summed E-state index contributed by atoms with van der Waals surface area (Å²) in [6, 6.07) is 18.5. The number of halogens is 2. The number of Topliss-reactive ketones (excluding diaryl/α,β-unsaturated/α-hetero) is 1. The van der Waals surface area contributed by atoms with Crippen LogP contribution in [0.1, 0.15) is 25.3 Å². The van der Waals surface area contributed by atoms with Crippen LogP contribution in [-0.2, 0) is 14.4 Å². The fourth-order valence-electron chi connectivity index (χ4n) is 4.51. The van der Waals surface area contributed by atoms with Gasteiger partial charge in [0, 0.05) is 50.7 Å². The van der Waals surface area contributed by atoms with E-state index in [-0.39, 0.29) is 17.0 Å². The van der Waals surface area contributed by atoms with Crippen LogP contribution in [0.4, 0.5) is 17.1 Å². The van der Waals surface area contributed by atoms with Gasteiger partial charge in [-0.15, -0.1) is 0 Å². The molecular weight excluding hydrogens is 517 g/mol. The number of ketones is 1. The second-order valence-corrected chi connectivity index (χ2v) is 9.40. The molecule has 0 aliphatic carbocycles. The minimum Gasteiger partial charge on any atom is -0.322 e. The van der Waals surface area contributed by atoms with E-state index in [2.05, 4.69) is 5.32 Å². The molecule has 0 bridgehead atoms. The summed E-state index contributed by atoms with van der Waals surface area (Å²) in [7, 11) is 0. The van der Waals surface area contributed by atoms with Crippen LogP contribution in [0.3, 0.4) is 0 Å². The van der Waals surface area contributed by atoms with Crippen molar-refractivity contribution in [2.24, 2.45) is 5.92 Å². The molecule has 0 saturated carbocycles. The van der Waals surface area contributed by atoms with Gasteiger partial charge in [0.25, 0.3) is 11.6 Å². The van der Waals surface area contributed by atoms with E-state index in [9.17, 15) is 24.5 Å². The number of nitro benzene ring substituents is 1. The van der Waals surface area contributed by atoms with Crippen LogP contribution >= 0.6 is 23.2 Å². The van der Waals surface area contributed by atoms with Gasteiger partial charge in [0.05, 0.1) is 4.92 Å². The number of carbonyl (C=O) groups excluding carboxylic acids is 3. The smallest absolute Gasteiger partial charge is 0.269 e. The zero-order valence-electron chi connectivity index (χ0n) is 19.8. The Bertz CT molecular complexity index is 1440. The van der Waals surface area contributed by atoms with Crippen molar-refractivity contribution in [2.45, 2.75) is 19.8 Å². The zero-order valence-corrected chi connectivity index (χ0v) is 21.3. The molecular formula is C27H21Cl2N3O5. The van der Waals surface area contributed by atoms with Crippen LogP contribution in [0, 0.1) is 16.0 Å². The molecule has 1 aliphatic rings. The number of hydrogen-bond donors (Lipinski definition) is 1. The van der Waals surface area contributed by atoms with Crippen molar-refractivity contribution in [1.29, 1.82) is 0 Å². The van der Waals surface area contributed by atoms with E-state index in [4.69, 9.17) is 23.2 Å². The zero-order chi connectivity index (χ0) is 26.9. The molecule has 1 aliphatic heterocycles. The Balaban J connectivity index is 1.94. The van der Waals surface area contributed by atoms with Gasteiger partial charge in [0.15, 0.2) is 0 Å². The van der Waals surface area contributed by atoms with E-state index >= 15 is 0 Å². The van der Waals surface area contributed by atoms with Crippen molar-refractivity contribution in [3.8, 4) is 0 Å². The monoisotopic (exact) mass is 537 g/mol. The highest BCUT2D eigenvalue weighted by molar-refractivity contribution is 6.31. The summed E-state index contributed by atoms with van der Waals surface area (Å²) < 4.78 is 0. The van der Waals surface area contributed by atoms with E-state index < -0.39 is 34.4 Å². The van der Waals surface area contributed by atoms with Crippen LogP contribution in [0.25, 0.3) is 0 Å². The number of carbonyl (C=O) groups is 3. The fourth-order valence-corrected chi connectivity index (χ4v) is 4.76. The van der Waals surface area contributed by atoms with Crippen molar-refractivity contribution in [1.82, 2.24) is 0 Å². The lowest BCUT2D eigenvalue weighted by Gasteiger charge is -2.39. The first-order chi connectivity index (χ1) is 17.6. The van der Waals surface area contributed by atoms with Gasteiger partial charge in [0.1, 0.15) is 11.7 Å². The van der Waals surface area contributed by atoms with Crippen LogP contribution in [0.5, 0.6) is 0 Å². The number of rotatable bonds is 6. The maximum atomic E-state index is 13.8. The van der Waals surface area contributed by atoms with Crippen molar-refractivity contribution >= 4 is 57.9 Å². The molecule has 1 N–H and O–H groups in total. The Morgan fingerprint density at radius 3 is 2.14 bits per heavy atom. The standard InChI is InChI=1S/C27H21Cl2N3O5/c1-15-23(26(34)30-20-10-6-18(28)7-11-20)25(17-4-3-5-22(14-17)32(36)37)24(16(2)33)27(35)31(15)21-12-8-19(29)9-13-21/h3-14,24-25H,1-2H3,(H,30,34)/t24-,25+/m1/s1. The summed E-state index contributed by atoms with van der Waals surface area (Å²) in [4.78, 5) is 52.7. The number of benzene rings is 3. The average Bonchev–Trinajstić information content (AvgIpc) is 2.86. The van der Waals surface area contributed by atoms with Crippen molar-refractivity contribution in [2.75, 3.05) is 10.2 Å². The van der Waals surface area contributed by atoms with Crippen molar-refractivity contribution < 1.29 is 19.3 Å². The van der Waals surface area contributed by atoms with E-state index in [1.807, 2.05) is 0 Å². The molecule has 2 atom stereocenters. The second-order valence-electron chi connectivity index (χ2n) is 8.53. The lowest BCUT2D eigenvalue weighted by molar-refractivity contribution is -0.384. The van der Waals surface area contributed by atoms with Gasteiger partial charge in [-0.05, 0) is 67.9 Å². The molecule has 0 spiro atoms. The first-order valence-corrected chi connectivity index (χ1v) is 12.0. The molecule has 0 unspecified atom stereocenters. The van der Waals surface area contributed by atoms with Gasteiger partial charge in [-0.2, -0.15) is 0 Å². The summed E-state index contributed by atoms with van der Waals surface area (Å²) in [6.45, 7) is 2.87. The first-order valence-electron chi connectivity index (χ1n) is 11.2. The number of hydrogen-bond acceptors (Lipinski definition) is 5. The molecule has 0 radical (unpaired) electrons. The third kappa shape index (κ3) is 5.26. The minimum atomic E-state index is -1.30. The molecule has 1 heterocycles. The lowest BCUT2D eigenvalue weighted by Crippen LogP contribution is -2.48. The highest BCUT2D eigenvalue weighted by atomic mass is 35.5. The number of amides is 2. The van der Waals surface area contributed by atoms with Crippen LogP contribution < -0.4 is 10.2 Å². The van der Waals surface area contributed by atoms with Crippen molar-refractivity contribution in [3.05, 3.63) is 110 Å². The molecule has 37 heavy (non-hydrogen) atoms. The molecule has 0 fully saturated rings. The molecule has 0 saturated heterocycles. The van der Waals surface area contributed by atoms with Crippen LogP contribution in [0.15, 0.2) is 84.1 Å². The summed E-state index contributed by atoms with van der Waals surface area (Å²) in [6.07, 6.45) is 0. The molecule has 2 amide bonds. The number of non-ortho nitro benzene ring substituents is 1. The quantitative estimate of drug-likeness (QED) is 0.230. The van der Waals surface area contributed by atoms with Gasteiger partial charge in [-0.3, -0.25) is 29.4 Å². The Labute approximate surface area is 222 Å². The molecule has 8 nitrogen and oxygen atoms in total. The van der Waals surface area contributed by atoms with Crippen LogP contribution in [0.2, 0.25) is 10.0 Å². The number of nitrogens with one attached hydrogen (secondary N) is 1. The summed E-state index contributed by atoms with van der Waals surface area (Å²) in [5.41, 5.74) is 1.37. The summed E-state index contributed by atoms with van der Waals surface area (Å²) in [5.74, 6) is -3.95. The first kappa shape index (κ1) is 26.1. The molecule has 4 rings (SSSR count). The molecule has 0 aromatic heterocycles. The fraction of sp³-hybridized carbons (Fsp3) is 0.148. The lowest BCUT2D eigenvalue weighted by atomic mass is 9.74. The molecule has 3 aromatic carbocycles. The maximum Gasteiger partial charge on any atom is 0.269 e. The number of allylic oxidation sites excluding steroid dienone is 1. The van der Waals surface area contributed by atoms with Gasteiger partial charge in [-0.25, -0.2) is 0 Å². The van der Waals surface area contributed by atoms with E-state index in [0.717, 1.165) is 0 Å². The Kier molecular flexibility index (Phi) is 7.42. The number of nitrogens with zero attached hydrogens (tertiary/aromatic N) is 2. The minimum absolute atomic E-state index is 0.130. The molecule has 10 heteroatoms. The number of nitro groups is 1. The van der Waals surface area contributed by atoms with E-state index in [1.54, 1.807) is 61.5 Å². The van der Waals surface area contributed by atoms with E-state index in [1.165, 1.54) is 30.0 Å². The Morgan fingerprint density at radius 2 is 1.57 bits per heavy atom. The number of anilines is 2. The van der Waals surface area contributed by atoms with Gasteiger partial charge in [-0.1, -0.05) is 35.3 Å². The molecule has 188 valence electrons. The van der Waals surface area contributed by atoms with Gasteiger partial charge < -0.3 is 5.32 Å². The normalized spacial score (nSPS) is 17.5. The Hall–Kier alpha value is -4.01. The Morgan fingerprint density at radius 1 is 0.973 bits per heavy atom. The predicted octanol–water partition coefficient (Wildman–Crippen LogP) is 6.15. The topological polar surface area (TPSA) is 110 Å². The van der Waals surface area contributed by atoms with E-state index in [0.29, 0.717) is 27.0 Å². The van der Waals surface area contributed by atoms with Crippen LogP contribution in [-0.4, -0.2) is 22.5 Å². The maximum absolute atomic E-state index is 13.8. The molecule has 3 aromatic rings. The highest BCUT2D eigenvalue weighted by Crippen LogP contribution is 2.43. The SMILES string of the molecule is CC(=O)[C@H]1C(=O)N(c2ccc(Cl)cc2)C(C)=C(C(=O)Nc2ccc(Cl)cc2)[C@@H]1c1cccc([N+](=O)[O-])c1.